The Morgan fingerprint density at radius 2 is 1.34 bits per heavy atom. The summed E-state index contributed by atoms with van der Waals surface area (Å²) in [7, 11) is 2.07. The van der Waals surface area contributed by atoms with Gasteiger partial charge in [-0.25, -0.2) is 0 Å². The van der Waals surface area contributed by atoms with E-state index >= 15 is 0 Å². The topological polar surface area (TPSA) is 56.8 Å². The molecule has 0 aromatic heterocycles. The van der Waals surface area contributed by atoms with Crippen molar-refractivity contribution in [3.05, 3.63) is 98.5 Å². The minimum absolute atomic E-state index is 0.0516. The van der Waals surface area contributed by atoms with Crippen LogP contribution in [0.4, 0.5) is 0 Å². The number of amides is 1. The van der Waals surface area contributed by atoms with Gasteiger partial charge in [0, 0.05) is 46.8 Å². The molecule has 9 heteroatoms. The lowest BCUT2D eigenvalue weighted by Crippen LogP contribution is -2.61. The van der Waals surface area contributed by atoms with Crippen molar-refractivity contribution in [3.63, 3.8) is 0 Å². The summed E-state index contributed by atoms with van der Waals surface area (Å²) in [5.74, 6) is 0.512. The van der Waals surface area contributed by atoms with Crippen molar-refractivity contribution in [2.45, 2.75) is 24.7 Å². The highest BCUT2D eigenvalue weighted by atomic mass is 35.5. The van der Waals surface area contributed by atoms with Crippen molar-refractivity contribution in [2.75, 3.05) is 39.8 Å². The molecule has 1 amide bonds. The number of nitrogens with one attached hydrogen (secondary N) is 2. The molecule has 2 heterocycles. The first-order chi connectivity index (χ1) is 18.3. The van der Waals surface area contributed by atoms with Crippen LogP contribution >= 0.6 is 34.8 Å². The second-order valence-electron chi connectivity index (χ2n) is 9.77. The summed E-state index contributed by atoms with van der Waals surface area (Å²) in [6.07, 6.45) is 0. The van der Waals surface area contributed by atoms with E-state index < -0.39 is 5.66 Å². The van der Waals surface area contributed by atoms with Gasteiger partial charge in [0.2, 0.25) is 0 Å². The summed E-state index contributed by atoms with van der Waals surface area (Å²) >= 11 is 18.8. The second-order valence-corrected chi connectivity index (χ2v) is 11.1. The standard InChI is InChI=1S/C29H31Cl3N4O2/c1-3-38-25-18-23(32)12-13-24(25)29(28(37)36-16-14-35(2)15-17-36)33-26(19-4-8-21(30)9-5-19)27(34-29)20-6-10-22(31)11-7-20/h4-13,18,26-27,33-34H,3,14-17H2,1-2H3. The van der Waals surface area contributed by atoms with Gasteiger partial charge in [-0.2, -0.15) is 0 Å². The third kappa shape index (κ3) is 5.39. The molecule has 200 valence electrons. The number of likely N-dealkylation sites (N-methyl/N-ethyl adjacent to an activating group) is 1. The molecule has 0 saturated carbocycles. The monoisotopic (exact) mass is 572 g/mol. The maximum Gasteiger partial charge on any atom is 0.262 e. The van der Waals surface area contributed by atoms with Crippen LogP contribution in [0, 0.1) is 0 Å². The van der Waals surface area contributed by atoms with Gasteiger partial charge in [0.15, 0.2) is 5.66 Å². The highest BCUT2D eigenvalue weighted by molar-refractivity contribution is 6.31. The normalized spacial score (nSPS) is 24.0. The van der Waals surface area contributed by atoms with Crippen LogP contribution < -0.4 is 15.4 Å². The van der Waals surface area contributed by atoms with Crippen LogP contribution in [0.15, 0.2) is 66.7 Å². The molecule has 0 radical (unpaired) electrons. The Kier molecular flexibility index (Phi) is 8.19. The summed E-state index contributed by atoms with van der Waals surface area (Å²) < 4.78 is 6.04. The smallest absolute Gasteiger partial charge is 0.262 e. The molecule has 6 nitrogen and oxygen atoms in total. The summed E-state index contributed by atoms with van der Waals surface area (Å²) in [6, 6.07) is 20.4. The highest BCUT2D eigenvalue weighted by Gasteiger charge is 2.54. The van der Waals surface area contributed by atoms with E-state index in [1.807, 2.05) is 66.4 Å². The van der Waals surface area contributed by atoms with Crippen LogP contribution in [0.25, 0.3) is 0 Å². The lowest BCUT2D eigenvalue weighted by atomic mass is 9.95. The zero-order valence-electron chi connectivity index (χ0n) is 21.4. The van der Waals surface area contributed by atoms with Crippen molar-refractivity contribution in [3.8, 4) is 5.75 Å². The number of carbonyl (C=O) groups excluding carboxylic acids is 1. The lowest BCUT2D eigenvalue weighted by molar-refractivity contribution is -0.141. The number of hydrogen-bond donors (Lipinski definition) is 2. The molecule has 2 saturated heterocycles. The summed E-state index contributed by atoms with van der Waals surface area (Å²) in [6.45, 7) is 5.24. The van der Waals surface area contributed by atoms with Gasteiger partial charge >= 0.3 is 0 Å². The summed E-state index contributed by atoms with van der Waals surface area (Å²) in [5.41, 5.74) is 1.44. The maximum absolute atomic E-state index is 14.6. The second kappa shape index (κ2) is 11.4. The van der Waals surface area contributed by atoms with Crippen molar-refractivity contribution in [2.24, 2.45) is 0 Å². The van der Waals surface area contributed by atoms with Gasteiger partial charge in [-0.15, -0.1) is 0 Å². The number of benzene rings is 3. The van der Waals surface area contributed by atoms with Crippen LogP contribution in [-0.4, -0.2) is 55.5 Å². The summed E-state index contributed by atoms with van der Waals surface area (Å²) in [4.78, 5) is 18.7. The molecule has 2 aliphatic rings. The fourth-order valence-corrected chi connectivity index (χ4v) is 5.70. The number of nitrogens with zero attached hydrogens (tertiary/aromatic N) is 2. The van der Waals surface area contributed by atoms with Crippen LogP contribution in [0.2, 0.25) is 15.1 Å². The molecule has 2 fully saturated rings. The van der Waals surface area contributed by atoms with Crippen molar-refractivity contribution in [1.29, 1.82) is 0 Å². The molecular weight excluding hydrogens is 543 g/mol. The molecular formula is C29H31Cl3N4O2. The minimum atomic E-state index is -1.26. The Morgan fingerprint density at radius 1 is 0.842 bits per heavy atom. The Hall–Kier alpha value is -2.32. The van der Waals surface area contributed by atoms with E-state index in [0.717, 1.165) is 24.2 Å². The van der Waals surface area contributed by atoms with E-state index in [0.29, 0.717) is 46.1 Å². The van der Waals surface area contributed by atoms with Crippen molar-refractivity contribution in [1.82, 2.24) is 20.4 Å². The van der Waals surface area contributed by atoms with Crippen LogP contribution in [0.1, 0.15) is 35.7 Å². The Labute approximate surface area is 238 Å². The first-order valence-electron chi connectivity index (χ1n) is 12.8. The third-order valence-electron chi connectivity index (χ3n) is 7.29. The number of ether oxygens (including phenoxy) is 1. The van der Waals surface area contributed by atoms with Gasteiger partial charge in [-0.1, -0.05) is 65.1 Å². The molecule has 2 N–H and O–H groups in total. The first-order valence-corrected chi connectivity index (χ1v) is 13.9. The van der Waals surface area contributed by atoms with E-state index in [-0.39, 0.29) is 18.0 Å². The Bertz CT molecular complexity index is 1220. The summed E-state index contributed by atoms with van der Waals surface area (Å²) in [5, 5.41) is 9.31. The number of carbonyl (C=O) groups is 1. The highest BCUT2D eigenvalue weighted by Crippen LogP contribution is 2.45. The van der Waals surface area contributed by atoms with Gasteiger partial charge in [-0.05, 0) is 61.5 Å². The maximum atomic E-state index is 14.6. The zero-order valence-corrected chi connectivity index (χ0v) is 23.7. The fraction of sp³-hybridized carbons (Fsp3) is 0.345. The van der Waals surface area contributed by atoms with E-state index in [1.54, 1.807) is 12.1 Å². The molecule has 5 rings (SSSR count). The Morgan fingerprint density at radius 3 is 1.84 bits per heavy atom. The lowest BCUT2D eigenvalue weighted by Gasteiger charge is -2.40. The van der Waals surface area contributed by atoms with Gasteiger partial charge in [0.25, 0.3) is 5.91 Å². The zero-order chi connectivity index (χ0) is 26.9. The SMILES string of the molecule is CCOc1cc(Cl)ccc1C1(C(=O)N2CCN(C)CC2)NC(c2ccc(Cl)cc2)C(c2ccc(Cl)cc2)N1. The van der Waals surface area contributed by atoms with Crippen molar-refractivity contribution >= 4 is 40.7 Å². The van der Waals surface area contributed by atoms with Crippen LogP contribution in [-0.2, 0) is 10.5 Å². The van der Waals surface area contributed by atoms with E-state index in [2.05, 4.69) is 22.6 Å². The first kappa shape index (κ1) is 27.3. The van der Waals surface area contributed by atoms with E-state index in [4.69, 9.17) is 39.5 Å². The number of rotatable bonds is 6. The van der Waals surface area contributed by atoms with E-state index in [9.17, 15) is 4.79 Å². The quantitative estimate of drug-likeness (QED) is 0.399. The molecule has 3 aromatic rings. The molecule has 0 aliphatic carbocycles. The van der Waals surface area contributed by atoms with E-state index in [1.165, 1.54) is 0 Å². The predicted molar refractivity (Wildman–Crippen MR) is 153 cm³/mol. The number of piperazine rings is 1. The number of hydrogen-bond acceptors (Lipinski definition) is 5. The largest absolute Gasteiger partial charge is 0.493 e. The van der Waals surface area contributed by atoms with Gasteiger partial charge in [0.1, 0.15) is 5.75 Å². The molecule has 0 spiro atoms. The fourth-order valence-electron chi connectivity index (χ4n) is 5.29. The van der Waals surface area contributed by atoms with Gasteiger partial charge in [-0.3, -0.25) is 15.4 Å². The average Bonchev–Trinajstić information content (AvgIpc) is 3.31. The molecule has 0 bridgehead atoms. The molecule has 2 unspecified atom stereocenters. The minimum Gasteiger partial charge on any atom is -0.493 e. The van der Waals surface area contributed by atoms with Gasteiger partial charge < -0.3 is 14.5 Å². The number of halogens is 3. The average molecular weight is 574 g/mol. The van der Waals surface area contributed by atoms with Gasteiger partial charge in [0.05, 0.1) is 18.7 Å². The molecule has 38 heavy (non-hydrogen) atoms. The third-order valence-corrected chi connectivity index (χ3v) is 8.03. The van der Waals surface area contributed by atoms with Crippen LogP contribution in [0.3, 0.4) is 0 Å². The predicted octanol–water partition coefficient (Wildman–Crippen LogP) is 5.65. The van der Waals surface area contributed by atoms with Crippen LogP contribution in [0.5, 0.6) is 5.75 Å². The van der Waals surface area contributed by atoms with Crippen molar-refractivity contribution < 1.29 is 9.53 Å². The Balaban J connectivity index is 1.66. The molecule has 2 aliphatic heterocycles. The molecule has 2 atom stereocenters. The molecule has 3 aromatic carbocycles.